The Morgan fingerprint density at radius 1 is 0.403 bits per heavy atom. The van der Waals surface area contributed by atoms with Crippen LogP contribution in [0.1, 0.15) is 17.5 Å². The zero-order chi connectivity index (χ0) is 46.0. The first kappa shape index (κ1) is 44.6. The molecule has 320 valence electrons. The van der Waals surface area contributed by atoms with Crippen LogP contribution in [0.2, 0.25) is 0 Å². The first-order valence-corrected chi connectivity index (χ1v) is 15.9. The van der Waals surface area contributed by atoms with Gasteiger partial charge in [0.1, 0.15) is 17.5 Å². The Bertz CT molecular complexity index is 3200. The maximum absolute atomic E-state index is 11.7. The maximum Gasteiger partial charge on any atom is 0.328 e. The number of aryl methyl sites for hydroxylation is 3. The third-order valence-corrected chi connectivity index (χ3v) is 6.56. The number of nitrogens with one attached hydrogen (secondary N) is 9. The average Bonchev–Trinajstić information content (AvgIpc) is 3.13. The number of hydrogen-bond acceptors (Lipinski definition) is 26. The fourth-order valence-electron chi connectivity index (χ4n) is 4.03. The second-order valence-corrected chi connectivity index (χ2v) is 11.1. The van der Waals surface area contributed by atoms with Crippen molar-refractivity contribution in [3.63, 3.8) is 0 Å². The molecule has 0 atom stereocenters. The molecule has 6 aromatic rings. The topological polar surface area (TPSA) is 546 Å². The summed E-state index contributed by atoms with van der Waals surface area (Å²) in [5.41, 5.74) is -10.6. The van der Waals surface area contributed by atoms with Crippen LogP contribution in [0.4, 0.5) is 40.1 Å². The Kier molecular flexibility index (Phi) is 13.6. The Balaban J connectivity index is 0.000000205. The number of aromatic amines is 8. The van der Waals surface area contributed by atoms with Crippen molar-refractivity contribution in [2.45, 2.75) is 20.8 Å². The number of azo groups is 3. The molecule has 0 fully saturated rings. The summed E-state index contributed by atoms with van der Waals surface area (Å²) in [5.74, 6) is -4.38. The monoisotopic (exact) mass is 864 g/mol. The Morgan fingerprint density at radius 3 is 0.952 bits per heavy atom. The molecule has 0 aliphatic heterocycles. The van der Waals surface area contributed by atoms with Crippen LogP contribution in [-0.2, 0) is 0 Å². The Morgan fingerprint density at radius 2 is 0.677 bits per heavy atom. The molecular weight excluding hydrogens is 840 g/mol. The largest absolute Gasteiger partial charge is 0.493 e. The van der Waals surface area contributed by atoms with Crippen molar-refractivity contribution in [1.82, 2.24) is 59.8 Å². The number of nitrogens with zero attached hydrogens (tertiary/aromatic N) is 11. The number of hydrogen-bond donors (Lipinski definition) is 15. The molecule has 6 aromatic heterocycles. The summed E-state index contributed by atoms with van der Waals surface area (Å²) in [4.78, 5) is 124. The average molecular weight is 865 g/mol. The highest BCUT2D eigenvalue weighted by atomic mass is 16.3. The lowest BCUT2D eigenvalue weighted by Crippen LogP contribution is -2.20. The quantitative estimate of drug-likeness (QED) is 0.0671. The van der Waals surface area contributed by atoms with Crippen LogP contribution < -0.4 is 44.7 Å². The van der Waals surface area contributed by atoms with Crippen molar-refractivity contribution in [1.29, 1.82) is 5.41 Å². The van der Waals surface area contributed by atoms with Gasteiger partial charge < -0.3 is 45.6 Å². The Labute approximate surface area is 334 Å². The van der Waals surface area contributed by atoms with Crippen molar-refractivity contribution >= 4 is 46.1 Å². The van der Waals surface area contributed by atoms with Gasteiger partial charge in [-0.2, -0.15) is 19.9 Å². The SMILES string of the molecule is Cc1nc(O)c(N=Nc2c(O)[nH]c(=O)[nH]c2=O)c(=O)[nH]1.Cc1nc(O)c(N=Nc2c(O)[nH]c(=O)[nH]c2=O)c(=O)[nH]1.Cc1nc(O)c(N=Nc2c(O)nc(N=C=N)[nH]c2=O)c(=O)[nH]1. The fraction of sp³-hybridized carbons (Fsp3) is 0.107. The molecular formula is C28H24N20O14. The van der Waals surface area contributed by atoms with E-state index in [0.717, 1.165) is 0 Å². The highest BCUT2D eigenvalue weighted by Gasteiger charge is 2.15. The summed E-state index contributed by atoms with van der Waals surface area (Å²) in [6, 6.07) is 1.63. The molecule has 15 N–H and O–H groups in total. The molecule has 6 rings (SSSR count). The zero-order valence-electron chi connectivity index (χ0n) is 30.9. The van der Waals surface area contributed by atoms with Gasteiger partial charge in [-0.15, -0.1) is 35.7 Å². The summed E-state index contributed by atoms with van der Waals surface area (Å²) in [7, 11) is 0. The normalized spacial score (nSPS) is 10.9. The van der Waals surface area contributed by atoms with Gasteiger partial charge in [0, 0.05) is 0 Å². The van der Waals surface area contributed by atoms with E-state index in [2.05, 4.69) is 75.5 Å². The minimum atomic E-state index is -1.01. The van der Waals surface area contributed by atoms with Crippen LogP contribution in [0, 0.1) is 26.2 Å². The maximum atomic E-state index is 11.7. The lowest BCUT2D eigenvalue weighted by Gasteiger charge is -1.98. The lowest BCUT2D eigenvalue weighted by atomic mass is 10.5. The molecule has 34 nitrogen and oxygen atoms in total. The second kappa shape index (κ2) is 18.9. The first-order valence-electron chi connectivity index (χ1n) is 15.9. The van der Waals surface area contributed by atoms with Gasteiger partial charge in [0.15, 0.2) is 0 Å². The standard InChI is InChI=1S/C10H8N8O4.2C9H8N6O5/c1-3-13-6(19)4(7(20)14-3)17-18-5-8(21)15-10(12-2-11)16-9(5)22;2*1-2-10-5(16)3(6(17)11-2)14-15-4-7(18)12-9(20)13-8(4)19/h11H,1H3,(H2,13,14,19,20)(H2,15,16,21,22);2*1H3,(H2,10,11,16,17)(H3,12,13,18,19,20). The van der Waals surface area contributed by atoms with Crippen molar-refractivity contribution in [3.8, 4) is 35.3 Å². The van der Waals surface area contributed by atoms with E-state index in [9.17, 15) is 69.0 Å². The number of rotatable bonds is 7. The van der Waals surface area contributed by atoms with Gasteiger partial charge >= 0.3 is 11.4 Å². The molecule has 0 bridgehead atoms. The summed E-state index contributed by atoms with van der Waals surface area (Å²) >= 11 is 0. The van der Waals surface area contributed by atoms with Gasteiger partial charge in [-0.1, -0.05) is 0 Å². The van der Waals surface area contributed by atoms with Crippen molar-refractivity contribution < 1.29 is 30.6 Å². The summed E-state index contributed by atoms with van der Waals surface area (Å²) < 4.78 is 0. The first-order chi connectivity index (χ1) is 29.2. The molecule has 0 saturated carbocycles. The van der Waals surface area contributed by atoms with E-state index in [1.165, 1.54) is 20.8 Å². The molecule has 0 saturated heterocycles. The van der Waals surface area contributed by atoms with Crippen LogP contribution in [0.25, 0.3) is 0 Å². The van der Waals surface area contributed by atoms with E-state index in [4.69, 9.17) is 5.41 Å². The van der Waals surface area contributed by atoms with Crippen LogP contribution >= 0.6 is 0 Å². The smallest absolute Gasteiger partial charge is 0.328 e. The van der Waals surface area contributed by atoms with E-state index in [0.29, 0.717) is 0 Å². The van der Waals surface area contributed by atoms with Crippen molar-refractivity contribution in [2.75, 3.05) is 0 Å². The third kappa shape index (κ3) is 11.0. The van der Waals surface area contributed by atoms with Gasteiger partial charge in [0.05, 0.1) is 6.01 Å². The van der Waals surface area contributed by atoms with E-state index in [-0.39, 0.29) is 23.4 Å². The van der Waals surface area contributed by atoms with Crippen LogP contribution in [0.5, 0.6) is 35.3 Å². The van der Waals surface area contributed by atoms with E-state index in [1.54, 1.807) is 6.01 Å². The third-order valence-electron chi connectivity index (χ3n) is 6.56. The molecule has 62 heavy (non-hydrogen) atoms. The highest BCUT2D eigenvalue weighted by molar-refractivity contribution is 5.51. The van der Waals surface area contributed by atoms with Crippen molar-refractivity contribution in [3.05, 3.63) is 101 Å². The molecule has 0 unspecified atom stereocenters. The molecule has 0 radical (unpaired) electrons. The number of aromatic hydroxyl groups is 6. The lowest BCUT2D eigenvalue weighted by molar-refractivity contribution is 0.447. The van der Waals surface area contributed by atoms with Gasteiger partial charge in [0.2, 0.25) is 75.4 Å². The minimum absolute atomic E-state index is 0.163. The van der Waals surface area contributed by atoms with E-state index in [1.807, 2.05) is 19.9 Å². The van der Waals surface area contributed by atoms with Crippen LogP contribution in [-0.4, -0.2) is 96.5 Å². The van der Waals surface area contributed by atoms with Crippen LogP contribution in [0.15, 0.2) is 74.0 Å². The molecule has 0 spiro atoms. The van der Waals surface area contributed by atoms with E-state index >= 15 is 0 Å². The summed E-state index contributed by atoms with van der Waals surface area (Å²) in [6.07, 6.45) is 0. The van der Waals surface area contributed by atoms with E-state index < -0.39 is 114 Å². The van der Waals surface area contributed by atoms with Gasteiger partial charge in [0.25, 0.3) is 33.4 Å². The predicted octanol–water partition coefficient (Wildman–Crippen LogP) is -1.06. The van der Waals surface area contributed by atoms with Gasteiger partial charge in [-0.05, 0) is 20.8 Å². The molecule has 6 heterocycles. The molecule has 0 aliphatic carbocycles. The molecule has 0 amide bonds. The molecule has 0 aromatic carbocycles. The number of aromatic nitrogens is 12. The minimum Gasteiger partial charge on any atom is -0.493 e. The van der Waals surface area contributed by atoms with Gasteiger partial charge in [-0.3, -0.25) is 53.7 Å². The van der Waals surface area contributed by atoms with Crippen LogP contribution in [0.3, 0.4) is 0 Å². The van der Waals surface area contributed by atoms with Gasteiger partial charge in [-0.25, -0.2) is 15.0 Å². The summed E-state index contributed by atoms with van der Waals surface area (Å²) in [6.45, 7) is 4.34. The number of aliphatic imine (C=N–C) groups is 1. The highest BCUT2D eigenvalue weighted by Crippen LogP contribution is 2.26. The number of H-pyrrole nitrogens is 8. The molecule has 0 aliphatic rings. The fourth-order valence-corrected chi connectivity index (χ4v) is 4.03. The van der Waals surface area contributed by atoms with Crippen molar-refractivity contribution in [2.24, 2.45) is 35.7 Å². The predicted molar refractivity (Wildman–Crippen MR) is 201 cm³/mol. The zero-order valence-corrected chi connectivity index (χ0v) is 30.9. The summed E-state index contributed by atoms with van der Waals surface area (Å²) in [5, 5.41) is 83.3. The second-order valence-electron chi connectivity index (χ2n) is 11.1. The Hall–Kier alpha value is -10.1. The molecule has 34 heteroatoms.